The molecule has 3 fully saturated rings. The molecule has 1 spiro atoms. The Morgan fingerprint density at radius 1 is 1.33 bits per heavy atom. The van der Waals surface area contributed by atoms with Gasteiger partial charge in [-0.25, -0.2) is 0 Å². The number of rotatable bonds is 7. The van der Waals surface area contributed by atoms with E-state index in [-0.39, 0.29) is 36.9 Å². The fourth-order valence-electron chi connectivity index (χ4n) is 5.42. The monoisotopic (exact) mass is 381 g/mol. The minimum Gasteiger partial charge on any atom is -0.396 e. The average molecular weight is 381 g/mol. The third-order valence-electron chi connectivity index (χ3n) is 6.45. The van der Waals surface area contributed by atoms with Crippen molar-refractivity contribution in [3.8, 4) is 0 Å². The lowest BCUT2D eigenvalue weighted by Crippen LogP contribution is -2.56. The van der Waals surface area contributed by atoms with Gasteiger partial charge >= 0.3 is 0 Å². The standard InChI is InChI=1S/C19H31N3O5/c1-5-18-7-8-19(27-18)13(12(18)15(24)20-4)17(26)22(9-6-10-23)14(19)16(25)21-11(2)3/h11-14,23H,5-10H2,1-4H3,(H,20,24)(H,21,25)/t12-,13+,14?,18+,19?/m1/s1. The van der Waals surface area contributed by atoms with E-state index in [2.05, 4.69) is 10.6 Å². The summed E-state index contributed by atoms with van der Waals surface area (Å²) in [6.07, 6.45) is 2.23. The molecule has 0 aliphatic carbocycles. The second kappa shape index (κ2) is 7.05. The molecule has 0 saturated carbocycles. The smallest absolute Gasteiger partial charge is 0.246 e. The van der Waals surface area contributed by atoms with Crippen LogP contribution in [0.2, 0.25) is 0 Å². The summed E-state index contributed by atoms with van der Waals surface area (Å²) >= 11 is 0. The first-order valence-electron chi connectivity index (χ1n) is 9.91. The van der Waals surface area contributed by atoms with Crippen LogP contribution in [0, 0.1) is 11.8 Å². The molecule has 3 rings (SSSR count). The maximum Gasteiger partial charge on any atom is 0.246 e. The second-order valence-corrected chi connectivity index (χ2v) is 8.22. The lowest BCUT2D eigenvalue weighted by atomic mass is 9.65. The molecule has 0 aromatic carbocycles. The topological polar surface area (TPSA) is 108 Å². The summed E-state index contributed by atoms with van der Waals surface area (Å²) in [6.45, 7) is 5.91. The molecule has 3 aliphatic heterocycles. The number of carbonyl (C=O) groups excluding carboxylic acids is 3. The van der Waals surface area contributed by atoms with Gasteiger partial charge in [-0.15, -0.1) is 0 Å². The molecule has 2 bridgehead atoms. The van der Waals surface area contributed by atoms with Gasteiger partial charge in [0.1, 0.15) is 11.6 Å². The quantitative estimate of drug-likeness (QED) is 0.566. The number of amides is 3. The highest BCUT2D eigenvalue weighted by atomic mass is 16.5. The number of likely N-dealkylation sites (tertiary alicyclic amines) is 1. The molecule has 0 aromatic heterocycles. The molecular formula is C19H31N3O5. The number of aliphatic hydroxyl groups excluding tert-OH is 1. The summed E-state index contributed by atoms with van der Waals surface area (Å²) in [4.78, 5) is 40.7. The van der Waals surface area contributed by atoms with Crippen LogP contribution in [0.25, 0.3) is 0 Å². The van der Waals surface area contributed by atoms with Crippen molar-refractivity contribution in [2.24, 2.45) is 11.8 Å². The zero-order valence-electron chi connectivity index (χ0n) is 16.6. The van der Waals surface area contributed by atoms with Gasteiger partial charge < -0.3 is 25.4 Å². The zero-order valence-corrected chi connectivity index (χ0v) is 16.6. The van der Waals surface area contributed by atoms with Gasteiger partial charge in [0.25, 0.3) is 0 Å². The van der Waals surface area contributed by atoms with E-state index < -0.39 is 29.1 Å². The maximum atomic E-state index is 13.4. The summed E-state index contributed by atoms with van der Waals surface area (Å²) in [5.74, 6) is -1.92. The van der Waals surface area contributed by atoms with E-state index in [4.69, 9.17) is 4.74 Å². The molecule has 3 N–H and O–H groups in total. The van der Waals surface area contributed by atoms with Crippen molar-refractivity contribution in [3.63, 3.8) is 0 Å². The van der Waals surface area contributed by atoms with Crippen molar-refractivity contribution < 1.29 is 24.2 Å². The Morgan fingerprint density at radius 2 is 2.04 bits per heavy atom. The van der Waals surface area contributed by atoms with Gasteiger partial charge in [0.05, 0.1) is 17.4 Å². The Balaban J connectivity index is 2.06. The van der Waals surface area contributed by atoms with E-state index >= 15 is 0 Å². The largest absolute Gasteiger partial charge is 0.396 e. The van der Waals surface area contributed by atoms with Gasteiger partial charge in [-0.3, -0.25) is 14.4 Å². The predicted molar refractivity (Wildman–Crippen MR) is 97.6 cm³/mol. The third kappa shape index (κ3) is 2.76. The highest BCUT2D eigenvalue weighted by Gasteiger charge is 2.78. The highest BCUT2D eigenvalue weighted by Crippen LogP contribution is 2.64. The fraction of sp³-hybridized carbons (Fsp3) is 0.842. The third-order valence-corrected chi connectivity index (χ3v) is 6.45. The van der Waals surface area contributed by atoms with Crippen LogP contribution in [0.15, 0.2) is 0 Å². The average Bonchev–Trinajstić information content (AvgIpc) is 3.22. The van der Waals surface area contributed by atoms with E-state index in [1.807, 2.05) is 20.8 Å². The van der Waals surface area contributed by atoms with Gasteiger partial charge in [0.2, 0.25) is 17.7 Å². The summed E-state index contributed by atoms with van der Waals surface area (Å²) in [7, 11) is 1.57. The lowest BCUT2D eigenvalue weighted by molar-refractivity contribution is -0.147. The van der Waals surface area contributed by atoms with Gasteiger partial charge in [-0.2, -0.15) is 0 Å². The normalized spacial score (nSPS) is 37.0. The van der Waals surface area contributed by atoms with E-state index in [0.29, 0.717) is 25.7 Å². The van der Waals surface area contributed by atoms with Crippen LogP contribution in [0.4, 0.5) is 0 Å². The van der Waals surface area contributed by atoms with Crippen molar-refractivity contribution in [1.82, 2.24) is 15.5 Å². The van der Waals surface area contributed by atoms with Crippen molar-refractivity contribution in [1.29, 1.82) is 0 Å². The Hall–Kier alpha value is -1.67. The van der Waals surface area contributed by atoms with E-state index in [1.54, 1.807) is 7.05 Å². The summed E-state index contributed by atoms with van der Waals surface area (Å²) in [5, 5.41) is 14.8. The number of ether oxygens (including phenoxy) is 1. The molecule has 3 amide bonds. The maximum absolute atomic E-state index is 13.4. The van der Waals surface area contributed by atoms with E-state index in [0.717, 1.165) is 0 Å². The zero-order chi connectivity index (χ0) is 20.0. The number of hydrogen-bond donors (Lipinski definition) is 3. The molecule has 8 heteroatoms. The number of nitrogens with zero attached hydrogens (tertiary/aromatic N) is 1. The number of hydrogen-bond acceptors (Lipinski definition) is 5. The lowest BCUT2D eigenvalue weighted by Gasteiger charge is -2.34. The second-order valence-electron chi connectivity index (χ2n) is 8.22. The number of aliphatic hydroxyl groups is 1. The van der Waals surface area contributed by atoms with Crippen molar-refractivity contribution in [3.05, 3.63) is 0 Å². The minimum atomic E-state index is -0.974. The van der Waals surface area contributed by atoms with Crippen LogP contribution in [-0.2, 0) is 19.1 Å². The predicted octanol–water partition coefficient (Wildman–Crippen LogP) is -0.206. The van der Waals surface area contributed by atoms with E-state index in [9.17, 15) is 19.5 Å². The first-order chi connectivity index (χ1) is 12.8. The summed E-state index contributed by atoms with van der Waals surface area (Å²) < 4.78 is 6.51. The van der Waals surface area contributed by atoms with Crippen LogP contribution in [0.3, 0.4) is 0 Å². The molecule has 27 heavy (non-hydrogen) atoms. The van der Waals surface area contributed by atoms with Gasteiger partial charge in [0.15, 0.2) is 0 Å². The Labute approximate surface area is 160 Å². The minimum absolute atomic E-state index is 0.0708. The van der Waals surface area contributed by atoms with Crippen molar-refractivity contribution >= 4 is 17.7 Å². The van der Waals surface area contributed by atoms with Crippen LogP contribution in [0.1, 0.15) is 46.5 Å². The molecular weight excluding hydrogens is 350 g/mol. The Kier molecular flexibility index (Phi) is 5.24. The van der Waals surface area contributed by atoms with E-state index in [1.165, 1.54) is 4.90 Å². The molecule has 3 aliphatic rings. The first kappa shape index (κ1) is 20.1. The number of nitrogens with one attached hydrogen (secondary N) is 2. The molecule has 152 valence electrons. The Morgan fingerprint density at radius 3 is 2.59 bits per heavy atom. The van der Waals surface area contributed by atoms with Crippen LogP contribution in [0.5, 0.6) is 0 Å². The van der Waals surface area contributed by atoms with Gasteiger partial charge in [0, 0.05) is 26.2 Å². The molecule has 0 radical (unpaired) electrons. The summed E-state index contributed by atoms with van der Waals surface area (Å²) in [6, 6.07) is -0.844. The first-order valence-corrected chi connectivity index (χ1v) is 9.91. The molecule has 3 heterocycles. The SMILES string of the molecule is CC[C@@]12CCC3(O1)C(C(=O)NC(C)C)N(CCCO)C(=O)[C@@H]3[C@@H]2C(=O)NC. The summed E-state index contributed by atoms with van der Waals surface area (Å²) in [5.41, 5.74) is -1.67. The Bertz CT molecular complexity index is 639. The number of carbonyl (C=O) groups is 3. The number of fused-ring (bicyclic) bond motifs is 1. The molecule has 8 nitrogen and oxygen atoms in total. The van der Waals surface area contributed by atoms with Crippen molar-refractivity contribution in [2.45, 2.75) is 69.7 Å². The molecule has 0 aromatic rings. The molecule has 2 unspecified atom stereocenters. The fourth-order valence-corrected chi connectivity index (χ4v) is 5.42. The highest BCUT2D eigenvalue weighted by molar-refractivity contribution is 5.99. The van der Waals surface area contributed by atoms with Crippen LogP contribution in [-0.4, -0.2) is 71.2 Å². The molecule has 5 atom stereocenters. The van der Waals surface area contributed by atoms with Gasteiger partial charge in [-0.1, -0.05) is 6.92 Å². The van der Waals surface area contributed by atoms with Crippen LogP contribution < -0.4 is 10.6 Å². The van der Waals surface area contributed by atoms with Crippen molar-refractivity contribution in [2.75, 3.05) is 20.2 Å². The van der Waals surface area contributed by atoms with Crippen LogP contribution >= 0.6 is 0 Å². The molecule has 3 saturated heterocycles. The van der Waals surface area contributed by atoms with Gasteiger partial charge in [-0.05, 0) is 39.5 Å².